The molecule has 0 bridgehead atoms. The Kier molecular flexibility index (Phi) is 7.58. The van der Waals surface area contributed by atoms with Gasteiger partial charge in [0.2, 0.25) is 11.8 Å². The zero-order valence-corrected chi connectivity index (χ0v) is 19.4. The molecule has 2 atom stereocenters. The first-order valence-electron chi connectivity index (χ1n) is 11.1. The Labute approximate surface area is 191 Å². The number of benzene rings is 2. The van der Waals surface area contributed by atoms with Crippen molar-refractivity contribution in [2.24, 2.45) is 11.8 Å². The Morgan fingerprint density at radius 1 is 1.22 bits per heavy atom. The number of ether oxygens (including phenoxy) is 1. The summed E-state index contributed by atoms with van der Waals surface area (Å²) in [5, 5.41) is 0. The van der Waals surface area contributed by atoms with Gasteiger partial charge in [-0.15, -0.1) is 6.42 Å². The fourth-order valence-electron chi connectivity index (χ4n) is 4.45. The monoisotopic (exact) mass is 432 g/mol. The quantitative estimate of drug-likeness (QED) is 0.601. The van der Waals surface area contributed by atoms with Crippen molar-refractivity contribution in [3.05, 3.63) is 59.7 Å². The lowest BCUT2D eigenvalue weighted by Gasteiger charge is -2.42. The normalized spacial score (nSPS) is 18.4. The average Bonchev–Trinajstić information content (AvgIpc) is 2.78. The first-order valence-corrected chi connectivity index (χ1v) is 11.1. The second-order valence-electron chi connectivity index (χ2n) is 8.75. The van der Waals surface area contributed by atoms with Crippen LogP contribution in [0.25, 0.3) is 0 Å². The zero-order chi connectivity index (χ0) is 23.3. The number of methoxy groups -OCH3 is 1. The largest absolute Gasteiger partial charge is 0.496 e. The summed E-state index contributed by atoms with van der Waals surface area (Å²) in [4.78, 5) is 30.6. The lowest BCUT2D eigenvalue weighted by Crippen LogP contribution is -2.50. The van der Waals surface area contributed by atoms with Crippen LogP contribution < -0.4 is 9.64 Å². The third-order valence-corrected chi connectivity index (χ3v) is 5.86. The molecule has 1 aliphatic heterocycles. The molecule has 1 aliphatic rings. The molecular weight excluding hydrogens is 400 g/mol. The summed E-state index contributed by atoms with van der Waals surface area (Å²) in [6.07, 6.45) is 6.37. The second kappa shape index (κ2) is 10.4. The van der Waals surface area contributed by atoms with Gasteiger partial charge in [-0.2, -0.15) is 0 Å². The van der Waals surface area contributed by atoms with E-state index < -0.39 is 12.0 Å². The molecule has 1 saturated heterocycles. The highest BCUT2D eigenvalue weighted by Crippen LogP contribution is 2.43. The van der Waals surface area contributed by atoms with E-state index in [1.807, 2.05) is 55.5 Å². The summed E-state index contributed by atoms with van der Waals surface area (Å²) in [6, 6.07) is 15.0. The van der Waals surface area contributed by atoms with Crippen LogP contribution in [0.2, 0.25) is 0 Å². The third kappa shape index (κ3) is 4.96. The van der Waals surface area contributed by atoms with E-state index in [0.717, 1.165) is 16.8 Å². The van der Waals surface area contributed by atoms with Crippen molar-refractivity contribution in [3.63, 3.8) is 0 Å². The maximum Gasteiger partial charge on any atom is 0.228 e. The Hall–Kier alpha value is -3.26. The van der Waals surface area contributed by atoms with Gasteiger partial charge < -0.3 is 14.5 Å². The van der Waals surface area contributed by atoms with Gasteiger partial charge in [0.15, 0.2) is 0 Å². The molecule has 3 rings (SSSR count). The summed E-state index contributed by atoms with van der Waals surface area (Å²) >= 11 is 0. The number of hydrogen-bond donors (Lipinski definition) is 0. The van der Waals surface area contributed by atoms with Crippen molar-refractivity contribution in [1.29, 1.82) is 0 Å². The summed E-state index contributed by atoms with van der Waals surface area (Å²) < 4.78 is 5.64. The summed E-state index contributed by atoms with van der Waals surface area (Å²) in [5.41, 5.74) is 2.71. The number of nitrogens with zero attached hydrogens (tertiary/aromatic N) is 2. The number of anilines is 1. The van der Waals surface area contributed by atoms with Gasteiger partial charge in [0.05, 0.1) is 25.6 Å². The SMILES string of the molecule is C#CCN(CC(C)C)C(=O)C1CCC(=O)N(c2ccc(C)cc2)C1c1ccccc1OC. The van der Waals surface area contributed by atoms with E-state index in [4.69, 9.17) is 11.2 Å². The number of para-hydroxylation sites is 1. The molecule has 5 heteroatoms. The van der Waals surface area contributed by atoms with Gasteiger partial charge in [0, 0.05) is 24.2 Å². The van der Waals surface area contributed by atoms with Crippen LogP contribution in [0.15, 0.2) is 48.5 Å². The third-order valence-electron chi connectivity index (χ3n) is 5.86. The minimum absolute atomic E-state index is 0.00108. The van der Waals surface area contributed by atoms with Gasteiger partial charge in [-0.05, 0) is 37.5 Å². The number of hydrogen-bond acceptors (Lipinski definition) is 3. The van der Waals surface area contributed by atoms with Gasteiger partial charge >= 0.3 is 0 Å². The predicted octanol–water partition coefficient (Wildman–Crippen LogP) is 4.61. The molecule has 0 spiro atoms. The van der Waals surface area contributed by atoms with Crippen molar-refractivity contribution in [2.75, 3.05) is 25.1 Å². The van der Waals surface area contributed by atoms with E-state index in [9.17, 15) is 9.59 Å². The Morgan fingerprint density at radius 3 is 2.53 bits per heavy atom. The number of terminal acetylenes is 1. The van der Waals surface area contributed by atoms with Crippen LogP contribution in [-0.2, 0) is 9.59 Å². The molecule has 0 radical (unpaired) electrons. The lowest BCUT2D eigenvalue weighted by atomic mass is 9.82. The van der Waals surface area contributed by atoms with Crippen molar-refractivity contribution in [1.82, 2.24) is 4.90 Å². The van der Waals surface area contributed by atoms with Gasteiger partial charge in [-0.1, -0.05) is 55.7 Å². The van der Waals surface area contributed by atoms with Crippen LogP contribution in [0.5, 0.6) is 5.75 Å². The van der Waals surface area contributed by atoms with Crippen LogP contribution >= 0.6 is 0 Å². The molecule has 2 aromatic carbocycles. The van der Waals surface area contributed by atoms with Crippen LogP contribution in [0.4, 0.5) is 5.69 Å². The van der Waals surface area contributed by atoms with Crippen molar-refractivity contribution < 1.29 is 14.3 Å². The molecule has 1 heterocycles. The van der Waals surface area contributed by atoms with Gasteiger partial charge in [0.1, 0.15) is 5.75 Å². The molecule has 2 amide bonds. The van der Waals surface area contributed by atoms with Crippen LogP contribution in [0.1, 0.15) is 43.9 Å². The van der Waals surface area contributed by atoms with E-state index in [2.05, 4.69) is 19.8 Å². The fourth-order valence-corrected chi connectivity index (χ4v) is 4.45. The Morgan fingerprint density at radius 2 is 1.91 bits per heavy atom. The van der Waals surface area contributed by atoms with Crippen LogP contribution in [0.3, 0.4) is 0 Å². The summed E-state index contributed by atoms with van der Waals surface area (Å²) in [5.74, 6) is 3.14. The molecule has 5 nitrogen and oxygen atoms in total. The first-order chi connectivity index (χ1) is 15.4. The molecule has 0 N–H and O–H groups in total. The van der Waals surface area contributed by atoms with E-state index in [1.165, 1.54) is 0 Å². The molecular formula is C27H32N2O3. The standard InChI is InChI=1S/C27H32N2O3/c1-6-17-28(18-19(2)3)27(31)23-15-16-25(30)29(21-13-11-20(4)12-14-21)26(23)22-9-7-8-10-24(22)32-5/h1,7-14,19,23,26H,15-18H2,2-5H3. The molecule has 32 heavy (non-hydrogen) atoms. The maximum absolute atomic E-state index is 13.8. The molecule has 2 unspecified atom stereocenters. The minimum Gasteiger partial charge on any atom is -0.496 e. The Balaban J connectivity index is 2.12. The highest BCUT2D eigenvalue weighted by atomic mass is 16.5. The van der Waals surface area contributed by atoms with Gasteiger partial charge in [-0.25, -0.2) is 0 Å². The Bertz CT molecular complexity index is 991. The first kappa shape index (κ1) is 23.4. The van der Waals surface area contributed by atoms with E-state index >= 15 is 0 Å². The van der Waals surface area contributed by atoms with E-state index in [1.54, 1.807) is 16.9 Å². The predicted molar refractivity (Wildman–Crippen MR) is 127 cm³/mol. The molecule has 168 valence electrons. The van der Waals surface area contributed by atoms with Gasteiger partial charge in [0.25, 0.3) is 0 Å². The maximum atomic E-state index is 13.8. The van der Waals surface area contributed by atoms with E-state index in [0.29, 0.717) is 25.1 Å². The van der Waals surface area contributed by atoms with Crippen molar-refractivity contribution in [2.45, 2.75) is 39.7 Å². The molecule has 0 aliphatic carbocycles. The molecule has 0 saturated carbocycles. The number of piperidine rings is 1. The topological polar surface area (TPSA) is 49.9 Å². The highest BCUT2D eigenvalue weighted by Gasteiger charge is 2.43. The smallest absolute Gasteiger partial charge is 0.228 e. The molecule has 1 fully saturated rings. The van der Waals surface area contributed by atoms with Crippen LogP contribution in [0, 0.1) is 31.1 Å². The van der Waals surface area contributed by atoms with Gasteiger partial charge in [-0.3, -0.25) is 9.59 Å². The number of rotatable bonds is 7. The fraction of sp³-hybridized carbons (Fsp3) is 0.407. The van der Waals surface area contributed by atoms with Crippen molar-refractivity contribution in [3.8, 4) is 18.1 Å². The van der Waals surface area contributed by atoms with E-state index in [-0.39, 0.29) is 24.3 Å². The highest BCUT2D eigenvalue weighted by molar-refractivity contribution is 5.97. The number of carbonyl (C=O) groups is 2. The number of aryl methyl sites for hydroxylation is 1. The molecule has 0 aromatic heterocycles. The van der Waals surface area contributed by atoms with Crippen molar-refractivity contribution >= 4 is 17.5 Å². The molecule has 2 aromatic rings. The number of carbonyl (C=O) groups excluding carboxylic acids is 2. The second-order valence-corrected chi connectivity index (χ2v) is 8.75. The lowest BCUT2D eigenvalue weighted by molar-refractivity contribution is -0.138. The summed E-state index contributed by atoms with van der Waals surface area (Å²) in [7, 11) is 1.61. The zero-order valence-electron chi connectivity index (χ0n) is 19.4. The average molecular weight is 433 g/mol. The minimum atomic E-state index is -0.477. The van der Waals surface area contributed by atoms with Crippen LogP contribution in [-0.4, -0.2) is 36.9 Å². The summed E-state index contributed by atoms with van der Waals surface area (Å²) in [6.45, 7) is 6.98. The number of amides is 2.